The molecule has 3 rings (SSSR count). The number of nitrogens with two attached hydrogens (primary N) is 1. The summed E-state index contributed by atoms with van der Waals surface area (Å²) in [6, 6.07) is 10.2. The van der Waals surface area contributed by atoms with Crippen LogP contribution in [-0.2, 0) is 35.2 Å². The van der Waals surface area contributed by atoms with Gasteiger partial charge in [-0.25, -0.2) is 0 Å². The Kier molecular flexibility index (Phi) is 14.6. The van der Waals surface area contributed by atoms with Gasteiger partial charge in [0, 0.05) is 37.2 Å². The predicted molar refractivity (Wildman–Crippen MR) is 178 cm³/mol. The van der Waals surface area contributed by atoms with Crippen molar-refractivity contribution in [1.29, 1.82) is 0 Å². The highest BCUT2D eigenvalue weighted by Gasteiger charge is 2.39. The Morgan fingerprint density at radius 2 is 1.63 bits per heavy atom. The fourth-order valence-corrected chi connectivity index (χ4v) is 5.37. The molecule has 0 aromatic heterocycles. The zero-order chi connectivity index (χ0) is 35.9. The van der Waals surface area contributed by atoms with Crippen molar-refractivity contribution in [1.82, 2.24) is 20.9 Å². The Bertz CT molecular complexity index is 1490. The molecule has 2 aromatic rings. The molecule has 16 heteroatoms. The first-order valence-electron chi connectivity index (χ1n) is 16.1. The summed E-state index contributed by atoms with van der Waals surface area (Å²) < 4.78 is 0. The van der Waals surface area contributed by atoms with Gasteiger partial charge in [-0.3, -0.25) is 38.9 Å². The molecule has 0 radical (unpaired) electrons. The van der Waals surface area contributed by atoms with Gasteiger partial charge in [-0.05, 0) is 63.3 Å². The number of likely N-dealkylation sites (tertiary alicyclic amines) is 1. The Labute approximate surface area is 283 Å². The minimum Gasteiger partial charge on any atom is -0.481 e. The molecule has 0 bridgehead atoms. The van der Waals surface area contributed by atoms with Gasteiger partial charge in [-0.1, -0.05) is 30.3 Å². The molecular formula is C33H43N7O9. The summed E-state index contributed by atoms with van der Waals surface area (Å²) in [6.45, 7) is 2.01. The minimum atomic E-state index is -1.15. The van der Waals surface area contributed by atoms with Crippen LogP contribution in [0.4, 0.5) is 11.4 Å². The van der Waals surface area contributed by atoms with Crippen LogP contribution in [-0.4, -0.2) is 87.7 Å². The van der Waals surface area contributed by atoms with Crippen LogP contribution in [0.3, 0.4) is 0 Å². The van der Waals surface area contributed by atoms with E-state index in [2.05, 4.69) is 21.3 Å². The smallest absolute Gasteiger partial charge is 0.303 e. The SMILES string of the molecule is CC(NC(=O)CCC(=O)O)C(=O)NC(CCCCN)C(=O)N1CCCC1C(=O)NC(Cc1ccccc1)C(=O)Nc1ccc([N+](=O)[O-])cc1. The number of nitro groups is 1. The van der Waals surface area contributed by atoms with Gasteiger partial charge in [-0.2, -0.15) is 0 Å². The Morgan fingerprint density at radius 1 is 0.939 bits per heavy atom. The van der Waals surface area contributed by atoms with Crippen LogP contribution in [0, 0.1) is 10.1 Å². The van der Waals surface area contributed by atoms with Gasteiger partial charge in [-0.15, -0.1) is 0 Å². The van der Waals surface area contributed by atoms with Crippen molar-refractivity contribution in [2.24, 2.45) is 5.73 Å². The fraction of sp³-hybridized carbons (Fsp3) is 0.455. The molecule has 5 amide bonds. The van der Waals surface area contributed by atoms with E-state index in [9.17, 15) is 38.9 Å². The molecule has 1 fully saturated rings. The predicted octanol–water partition coefficient (Wildman–Crippen LogP) is 1.24. The van der Waals surface area contributed by atoms with Crippen molar-refractivity contribution in [3.63, 3.8) is 0 Å². The first-order chi connectivity index (χ1) is 23.4. The highest BCUT2D eigenvalue weighted by atomic mass is 16.6. The summed E-state index contributed by atoms with van der Waals surface area (Å²) in [5.41, 5.74) is 6.55. The molecule has 1 aliphatic rings. The number of carboxylic acids is 1. The van der Waals surface area contributed by atoms with Gasteiger partial charge in [0.15, 0.2) is 0 Å². The molecule has 4 unspecified atom stereocenters. The molecular weight excluding hydrogens is 638 g/mol. The molecule has 4 atom stereocenters. The monoisotopic (exact) mass is 681 g/mol. The van der Waals surface area contributed by atoms with Crippen LogP contribution in [0.1, 0.15) is 57.4 Å². The van der Waals surface area contributed by atoms with Crippen LogP contribution >= 0.6 is 0 Å². The van der Waals surface area contributed by atoms with Gasteiger partial charge in [0.05, 0.1) is 11.3 Å². The van der Waals surface area contributed by atoms with Crippen molar-refractivity contribution in [3.05, 3.63) is 70.3 Å². The number of nitrogens with zero attached hydrogens (tertiary/aromatic N) is 2. The van der Waals surface area contributed by atoms with Gasteiger partial charge in [0.25, 0.3) is 5.69 Å². The topological polar surface area (TPSA) is 243 Å². The van der Waals surface area contributed by atoms with Crippen LogP contribution in [0.15, 0.2) is 54.6 Å². The molecule has 0 saturated carbocycles. The quantitative estimate of drug-likeness (QED) is 0.0747. The van der Waals surface area contributed by atoms with E-state index in [1.807, 2.05) is 6.07 Å². The number of nitrogens with one attached hydrogen (secondary N) is 4. The number of benzene rings is 2. The fourth-order valence-electron chi connectivity index (χ4n) is 5.37. The summed E-state index contributed by atoms with van der Waals surface area (Å²) in [5, 5.41) is 30.4. The Balaban J connectivity index is 1.74. The van der Waals surface area contributed by atoms with E-state index in [1.54, 1.807) is 24.3 Å². The number of aliphatic carboxylic acids is 1. The van der Waals surface area contributed by atoms with E-state index in [4.69, 9.17) is 10.8 Å². The largest absolute Gasteiger partial charge is 0.481 e. The molecule has 1 saturated heterocycles. The zero-order valence-corrected chi connectivity index (χ0v) is 27.3. The lowest BCUT2D eigenvalue weighted by molar-refractivity contribution is -0.384. The lowest BCUT2D eigenvalue weighted by Gasteiger charge is -2.30. The third kappa shape index (κ3) is 12.0. The summed E-state index contributed by atoms with van der Waals surface area (Å²) in [7, 11) is 0. The zero-order valence-electron chi connectivity index (χ0n) is 27.3. The number of unbranched alkanes of at least 4 members (excludes halogenated alkanes) is 1. The molecule has 7 N–H and O–H groups in total. The van der Waals surface area contributed by atoms with E-state index in [-0.39, 0.29) is 31.5 Å². The number of hydrogen-bond donors (Lipinski definition) is 6. The van der Waals surface area contributed by atoms with Gasteiger partial charge in [0.2, 0.25) is 29.5 Å². The van der Waals surface area contributed by atoms with E-state index in [1.165, 1.54) is 36.1 Å². The first kappa shape index (κ1) is 38.1. The van der Waals surface area contributed by atoms with Crippen molar-refractivity contribution in [3.8, 4) is 0 Å². The highest BCUT2D eigenvalue weighted by Crippen LogP contribution is 2.21. The van der Waals surface area contributed by atoms with E-state index in [0.29, 0.717) is 37.9 Å². The molecule has 0 spiro atoms. The standard InChI is InChI=1S/C33H43N7O9/c1-21(35-28(41)16-17-29(42)43)30(44)37-25(10-5-6-18-34)33(47)39-19-7-11-27(39)32(46)38-26(20-22-8-3-2-4-9-22)31(45)36-23-12-14-24(15-13-23)40(48)49/h2-4,8-9,12-15,21,25-27H,5-7,10-11,16-20,34H2,1H3,(H,35,41)(H,36,45)(H,37,44)(H,38,46)(H,42,43). The number of carboxylic acid groups (broad SMARTS) is 1. The van der Waals surface area contributed by atoms with E-state index >= 15 is 0 Å². The number of carbonyl (C=O) groups excluding carboxylic acids is 5. The maximum atomic E-state index is 13.9. The van der Waals surface area contributed by atoms with Crippen LogP contribution in [0.2, 0.25) is 0 Å². The van der Waals surface area contributed by atoms with Gasteiger partial charge in [0.1, 0.15) is 24.2 Å². The second-order valence-corrected chi connectivity index (χ2v) is 11.8. The molecule has 0 aliphatic carbocycles. The Hall–Kier alpha value is -5.38. The number of non-ortho nitro benzene ring substituents is 1. The van der Waals surface area contributed by atoms with Crippen LogP contribution in [0.5, 0.6) is 0 Å². The minimum absolute atomic E-state index is 0.125. The number of rotatable bonds is 18. The molecule has 1 heterocycles. The second-order valence-electron chi connectivity index (χ2n) is 11.8. The van der Waals surface area contributed by atoms with E-state index < -0.39 is 71.0 Å². The molecule has 2 aromatic carbocycles. The third-order valence-corrected chi connectivity index (χ3v) is 8.00. The van der Waals surface area contributed by atoms with Crippen molar-refractivity contribution < 1.29 is 38.8 Å². The van der Waals surface area contributed by atoms with Gasteiger partial charge < -0.3 is 37.0 Å². The van der Waals surface area contributed by atoms with Crippen LogP contribution < -0.4 is 27.0 Å². The van der Waals surface area contributed by atoms with E-state index in [0.717, 1.165) is 5.56 Å². The molecule has 49 heavy (non-hydrogen) atoms. The average molecular weight is 682 g/mol. The third-order valence-electron chi connectivity index (χ3n) is 8.00. The molecule has 1 aliphatic heterocycles. The lowest BCUT2D eigenvalue weighted by atomic mass is 10.0. The average Bonchev–Trinajstić information content (AvgIpc) is 3.57. The van der Waals surface area contributed by atoms with Crippen molar-refractivity contribution >= 4 is 46.9 Å². The van der Waals surface area contributed by atoms with Crippen LogP contribution in [0.25, 0.3) is 0 Å². The summed E-state index contributed by atoms with van der Waals surface area (Å²) in [5.74, 6) is -4.05. The molecule has 16 nitrogen and oxygen atoms in total. The first-order valence-corrected chi connectivity index (χ1v) is 16.1. The maximum Gasteiger partial charge on any atom is 0.303 e. The summed E-state index contributed by atoms with van der Waals surface area (Å²) >= 11 is 0. The number of hydrogen-bond acceptors (Lipinski definition) is 9. The maximum absolute atomic E-state index is 13.9. The highest BCUT2D eigenvalue weighted by molar-refractivity contribution is 5.99. The number of carbonyl (C=O) groups is 6. The van der Waals surface area contributed by atoms with Gasteiger partial charge >= 0.3 is 5.97 Å². The Morgan fingerprint density at radius 3 is 2.27 bits per heavy atom. The normalized spacial score (nSPS) is 15.7. The van der Waals surface area contributed by atoms with Crippen molar-refractivity contribution in [2.75, 3.05) is 18.4 Å². The number of anilines is 1. The summed E-state index contributed by atoms with van der Waals surface area (Å²) in [4.78, 5) is 88.7. The number of nitro benzene ring substituents is 1. The lowest BCUT2D eigenvalue weighted by Crippen LogP contribution is -2.57. The summed E-state index contributed by atoms with van der Waals surface area (Å²) in [6.07, 6.45) is 1.54. The molecule has 264 valence electrons. The van der Waals surface area contributed by atoms with Crippen molar-refractivity contribution in [2.45, 2.75) is 82.5 Å². The second kappa shape index (κ2) is 18.8. The number of amides is 5.